The number of likely N-dealkylation sites (tertiary alicyclic amines) is 1. The van der Waals surface area contributed by atoms with Gasteiger partial charge in [-0.1, -0.05) is 27.2 Å². The van der Waals surface area contributed by atoms with Crippen molar-refractivity contribution >= 4 is 5.97 Å². The van der Waals surface area contributed by atoms with E-state index >= 15 is 0 Å². The van der Waals surface area contributed by atoms with E-state index < -0.39 is 11.4 Å². The monoisotopic (exact) mass is 269 g/mol. The van der Waals surface area contributed by atoms with Crippen molar-refractivity contribution in [2.75, 3.05) is 19.6 Å². The van der Waals surface area contributed by atoms with Gasteiger partial charge in [-0.25, -0.2) is 0 Å². The molecule has 1 heterocycles. The predicted molar refractivity (Wildman–Crippen MR) is 79.3 cm³/mol. The summed E-state index contributed by atoms with van der Waals surface area (Å²) >= 11 is 0. The van der Waals surface area contributed by atoms with Gasteiger partial charge in [0.25, 0.3) is 0 Å². The van der Waals surface area contributed by atoms with E-state index in [1.807, 2.05) is 13.8 Å². The fourth-order valence-electron chi connectivity index (χ4n) is 2.75. The molecule has 19 heavy (non-hydrogen) atoms. The van der Waals surface area contributed by atoms with E-state index in [0.29, 0.717) is 5.41 Å². The fraction of sp³-hybridized carbons (Fsp3) is 0.938. The zero-order valence-electron chi connectivity index (χ0n) is 13.3. The number of rotatable bonds is 6. The molecule has 3 heteroatoms. The lowest BCUT2D eigenvalue weighted by Gasteiger charge is -2.27. The average molecular weight is 269 g/mol. The maximum Gasteiger partial charge on any atom is 0.309 e. The summed E-state index contributed by atoms with van der Waals surface area (Å²) < 4.78 is 0. The first-order valence-electron chi connectivity index (χ1n) is 7.59. The molecule has 0 aromatic rings. The highest BCUT2D eigenvalue weighted by atomic mass is 16.4. The van der Waals surface area contributed by atoms with Crippen LogP contribution >= 0.6 is 0 Å². The van der Waals surface area contributed by atoms with Crippen molar-refractivity contribution in [2.24, 2.45) is 16.7 Å². The van der Waals surface area contributed by atoms with Gasteiger partial charge in [-0.2, -0.15) is 0 Å². The SMILES string of the molecule is CC(C)(CCCCN1CCC(C(C)(C)C)C1)C(=O)O. The number of nitrogens with zero attached hydrogens (tertiary/aromatic N) is 1. The number of aliphatic carboxylic acids is 1. The van der Waals surface area contributed by atoms with E-state index in [0.717, 1.165) is 31.7 Å². The molecule has 0 spiro atoms. The molecular weight excluding hydrogens is 238 g/mol. The Hall–Kier alpha value is -0.570. The third kappa shape index (κ3) is 5.13. The molecule has 1 fully saturated rings. The van der Waals surface area contributed by atoms with Crippen LogP contribution in [0, 0.1) is 16.7 Å². The van der Waals surface area contributed by atoms with Crippen LogP contribution in [0.2, 0.25) is 0 Å². The number of carboxylic acid groups (broad SMARTS) is 1. The molecule has 1 rings (SSSR count). The van der Waals surface area contributed by atoms with Gasteiger partial charge in [-0.3, -0.25) is 4.79 Å². The maximum atomic E-state index is 11.0. The van der Waals surface area contributed by atoms with Gasteiger partial charge < -0.3 is 10.0 Å². The Labute approximate surface area is 118 Å². The summed E-state index contributed by atoms with van der Waals surface area (Å²) in [6, 6.07) is 0. The van der Waals surface area contributed by atoms with Crippen LogP contribution in [-0.4, -0.2) is 35.6 Å². The van der Waals surface area contributed by atoms with Crippen LogP contribution in [0.25, 0.3) is 0 Å². The molecule has 1 unspecified atom stereocenters. The smallest absolute Gasteiger partial charge is 0.309 e. The minimum absolute atomic E-state index is 0.417. The predicted octanol–water partition coefficient (Wildman–Crippen LogP) is 3.64. The zero-order valence-corrected chi connectivity index (χ0v) is 13.3. The normalized spacial score (nSPS) is 21.8. The van der Waals surface area contributed by atoms with E-state index in [2.05, 4.69) is 25.7 Å². The second-order valence-electron chi connectivity index (χ2n) is 7.80. The molecule has 1 aliphatic heterocycles. The Morgan fingerprint density at radius 2 is 1.84 bits per heavy atom. The van der Waals surface area contributed by atoms with Gasteiger partial charge in [0.2, 0.25) is 0 Å². The lowest BCUT2D eigenvalue weighted by atomic mass is 9.80. The van der Waals surface area contributed by atoms with E-state index in [9.17, 15) is 4.79 Å². The molecule has 0 amide bonds. The van der Waals surface area contributed by atoms with Crippen LogP contribution in [0.3, 0.4) is 0 Å². The average Bonchev–Trinajstić information content (AvgIpc) is 2.72. The first kappa shape index (κ1) is 16.5. The molecule has 112 valence electrons. The van der Waals surface area contributed by atoms with Crippen LogP contribution in [0.5, 0.6) is 0 Å². The van der Waals surface area contributed by atoms with Gasteiger partial charge in [0.05, 0.1) is 5.41 Å². The van der Waals surface area contributed by atoms with Crippen LogP contribution in [0.15, 0.2) is 0 Å². The molecule has 3 nitrogen and oxygen atoms in total. The van der Waals surface area contributed by atoms with Crippen LogP contribution in [-0.2, 0) is 4.79 Å². The second-order valence-corrected chi connectivity index (χ2v) is 7.80. The Balaban J connectivity index is 2.20. The summed E-state index contributed by atoms with van der Waals surface area (Å²) in [5, 5.41) is 9.07. The molecule has 1 aliphatic rings. The zero-order chi connectivity index (χ0) is 14.7. The number of carboxylic acids is 1. The van der Waals surface area contributed by atoms with Crippen molar-refractivity contribution in [3.63, 3.8) is 0 Å². The Morgan fingerprint density at radius 3 is 2.32 bits per heavy atom. The molecule has 0 aromatic carbocycles. The highest BCUT2D eigenvalue weighted by molar-refractivity contribution is 5.73. The summed E-state index contributed by atoms with van der Waals surface area (Å²) in [6.07, 6.45) is 4.21. The van der Waals surface area contributed by atoms with E-state index in [4.69, 9.17) is 5.11 Å². The maximum absolute atomic E-state index is 11.0. The van der Waals surface area contributed by atoms with Gasteiger partial charge in [0.1, 0.15) is 0 Å². The summed E-state index contributed by atoms with van der Waals surface area (Å²) in [6.45, 7) is 14.2. The van der Waals surface area contributed by atoms with Crippen molar-refractivity contribution in [1.29, 1.82) is 0 Å². The lowest BCUT2D eigenvalue weighted by Crippen LogP contribution is -2.27. The van der Waals surface area contributed by atoms with Crippen LogP contribution < -0.4 is 0 Å². The number of hydrogen-bond donors (Lipinski definition) is 1. The Morgan fingerprint density at radius 1 is 1.21 bits per heavy atom. The number of hydrogen-bond acceptors (Lipinski definition) is 2. The minimum Gasteiger partial charge on any atom is -0.481 e. The van der Waals surface area contributed by atoms with Crippen LogP contribution in [0.4, 0.5) is 0 Å². The standard InChI is InChI=1S/C16H31NO2/c1-15(2,3)13-8-11-17(12-13)10-7-6-9-16(4,5)14(18)19/h13H,6-12H2,1-5H3,(H,18,19). The van der Waals surface area contributed by atoms with E-state index in [-0.39, 0.29) is 0 Å². The summed E-state index contributed by atoms with van der Waals surface area (Å²) in [5.74, 6) is 0.129. The van der Waals surface area contributed by atoms with Crippen molar-refractivity contribution < 1.29 is 9.90 Å². The topological polar surface area (TPSA) is 40.5 Å². The quantitative estimate of drug-likeness (QED) is 0.748. The molecule has 0 bridgehead atoms. The molecule has 0 saturated carbocycles. The summed E-state index contributed by atoms with van der Waals surface area (Å²) in [4.78, 5) is 13.6. The largest absolute Gasteiger partial charge is 0.481 e. The second kappa shape index (κ2) is 6.25. The summed E-state index contributed by atoms with van der Waals surface area (Å²) in [7, 11) is 0. The van der Waals surface area contributed by atoms with Crippen molar-refractivity contribution in [3.8, 4) is 0 Å². The fourth-order valence-corrected chi connectivity index (χ4v) is 2.75. The molecule has 1 atom stereocenters. The van der Waals surface area contributed by atoms with Gasteiger partial charge in [-0.05, 0) is 57.5 Å². The molecule has 0 aromatic heterocycles. The first-order chi connectivity index (χ1) is 8.63. The molecule has 0 aliphatic carbocycles. The highest BCUT2D eigenvalue weighted by Gasteiger charge is 2.31. The molecular formula is C16H31NO2. The van der Waals surface area contributed by atoms with Gasteiger partial charge in [-0.15, -0.1) is 0 Å². The molecule has 1 saturated heterocycles. The van der Waals surface area contributed by atoms with Crippen molar-refractivity contribution in [3.05, 3.63) is 0 Å². The van der Waals surface area contributed by atoms with E-state index in [1.165, 1.54) is 19.5 Å². The van der Waals surface area contributed by atoms with Crippen LogP contribution in [0.1, 0.15) is 60.3 Å². The number of unbranched alkanes of at least 4 members (excludes halogenated alkanes) is 1. The molecule has 1 N–H and O–H groups in total. The minimum atomic E-state index is -0.679. The van der Waals surface area contributed by atoms with Crippen molar-refractivity contribution in [1.82, 2.24) is 4.90 Å². The third-order valence-electron chi connectivity index (χ3n) is 4.60. The molecule has 0 radical (unpaired) electrons. The van der Waals surface area contributed by atoms with Gasteiger partial charge in [0.15, 0.2) is 0 Å². The van der Waals surface area contributed by atoms with E-state index in [1.54, 1.807) is 0 Å². The van der Waals surface area contributed by atoms with Crippen molar-refractivity contribution in [2.45, 2.75) is 60.3 Å². The third-order valence-corrected chi connectivity index (χ3v) is 4.60. The Bertz CT molecular complexity index is 304. The highest BCUT2D eigenvalue weighted by Crippen LogP contribution is 2.33. The Kier molecular flexibility index (Phi) is 5.43. The van der Waals surface area contributed by atoms with Gasteiger partial charge >= 0.3 is 5.97 Å². The number of carbonyl (C=O) groups is 1. The lowest BCUT2D eigenvalue weighted by molar-refractivity contribution is -0.147. The first-order valence-corrected chi connectivity index (χ1v) is 7.59. The van der Waals surface area contributed by atoms with Gasteiger partial charge in [0, 0.05) is 6.54 Å². The summed E-state index contributed by atoms with van der Waals surface area (Å²) in [5.41, 5.74) is -0.154.